The minimum Gasteiger partial charge on any atom is -0.376 e. The second kappa shape index (κ2) is 12.4. The summed E-state index contributed by atoms with van der Waals surface area (Å²) in [5.41, 5.74) is -0.692. The van der Waals surface area contributed by atoms with Crippen LogP contribution in [-0.4, -0.2) is 44.0 Å². The van der Waals surface area contributed by atoms with Gasteiger partial charge in [0.05, 0.1) is 11.0 Å². The number of amides is 1. The van der Waals surface area contributed by atoms with Crippen LogP contribution in [0.3, 0.4) is 0 Å². The Bertz CT molecular complexity index is 381. The molecule has 0 aliphatic heterocycles. The topological polar surface area (TPSA) is 67.4 Å². The first-order valence-corrected chi connectivity index (χ1v) is 9.68. The van der Waals surface area contributed by atoms with Crippen molar-refractivity contribution in [3.05, 3.63) is 0 Å². The standard InChI is InChI=1S/C20H40N2O3/c1-17(22-18(24)19(2,3)13-15-23)11-7-10-16-25-20(4,5)12-8-9-14-21-6/h15,17,21H,7-14,16H2,1-6H3,(H,22,24). The van der Waals surface area contributed by atoms with E-state index in [1.165, 1.54) is 12.8 Å². The second-order valence-corrected chi connectivity index (χ2v) is 8.29. The highest BCUT2D eigenvalue weighted by atomic mass is 16.5. The maximum atomic E-state index is 12.1. The molecule has 148 valence electrons. The van der Waals surface area contributed by atoms with Gasteiger partial charge in [0.25, 0.3) is 0 Å². The Morgan fingerprint density at radius 3 is 2.40 bits per heavy atom. The van der Waals surface area contributed by atoms with Gasteiger partial charge in [0.1, 0.15) is 6.29 Å². The van der Waals surface area contributed by atoms with E-state index in [2.05, 4.69) is 24.5 Å². The van der Waals surface area contributed by atoms with Crippen molar-refractivity contribution in [3.8, 4) is 0 Å². The molecule has 0 saturated heterocycles. The average Bonchev–Trinajstić information content (AvgIpc) is 2.51. The van der Waals surface area contributed by atoms with E-state index in [1.54, 1.807) is 13.8 Å². The Kier molecular flexibility index (Phi) is 12.0. The number of aldehydes is 1. The van der Waals surface area contributed by atoms with Crippen LogP contribution in [0.25, 0.3) is 0 Å². The van der Waals surface area contributed by atoms with Crippen molar-refractivity contribution in [2.45, 2.75) is 91.2 Å². The van der Waals surface area contributed by atoms with Crippen molar-refractivity contribution < 1.29 is 14.3 Å². The summed E-state index contributed by atoms with van der Waals surface area (Å²) in [6, 6.07) is 0.119. The van der Waals surface area contributed by atoms with Crippen LogP contribution >= 0.6 is 0 Å². The van der Waals surface area contributed by atoms with Crippen LogP contribution in [0.1, 0.15) is 79.6 Å². The summed E-state index contributed by atoms with van der Waals surface area (Å²) in [5.74, 6) is -0.0500. The summed E-state index contributed by atoms with van der Waals surface area (Å²) >= 11 is 0. The van der Waals surface area contributed by atoms with Gasteiger partial charge in [0, 0.05) is 19.1 Å². The molecule has 1 amide bonds. The van der Waals surface area contributed by atoms with Gasteiger partial charge in [-0.3, -0.25) is 4.79 Å². The maximum Gasteiger partial charge on any atom is 0.226 e. The van der Waals surface area contributed by atoms with Gasteiger partial charge in [-0.25, -0.2) is 0 Å². The smallest absolute Gasteiger partial charge is 0.226 e. The number of hydrogen-bond donors (Lipinski definition) is 2. The quantitative estimate of drug-likeness (QED) is 0.348. The molecule has 25 heavy (non-hydrogen) atoms. The van der Waals surface area contributed by atoms with Crippen LogP contribution in [0.5, 0.6) is 0 Å². The number of carbonyl (C=O) groups excluding carboxylic acids is 2. The van der Waals surface area contributed by atoms with Gasteiger partial charge in [0.15, 0.2) is 0 Å². The van der Waals surface area contributed by atoms with Crippen molar-refractivity contribution in [2.75, 3.05) is 20.2 Å². The SMILES string of the molecule is CNCCCCC(C)(C)OCCCCC(C)NC(=O)C(C)(C)CC=O. The molecule has 0 aromatic carbocycles. The first-order chi connectivity index (χ1) is 11.6. The lowest BCUT2D eigenvalue weighted by molar-refractivity contribution is -0.132. The molecule has 0 aliphatic carbocycles. The van der Waals surface area contributed by atoms with E-state index in [1.807, 2.05) is 14.0 Å². The number of carbonyl (C=O) groups is 2. The molecule has 0 aromatic rings. The van der Waals surface area contributed by atoms with Gasteiger partial charge in [-0.2, -0.15) is 0 Å². The monoisotopic (exact) mass is 356 g/mol. The zero-order valence-corrected chi connectivity index (χ0v) is 17.2. The zero-order valence-electron chi connectivity index (χ0n) is 17.2. The normalized spacial score (nSPS) is 13.5. The molecular weight excluding hydrogens is 316 g/mol. The molecule has 1 atom stereocenters. The molecule has 0 spiro atoms. The molecule has 0 fully saturated rings. The van der Waals surface area contributed by atoms with E-state index >= 15 is 0 Å². The Balaban J connectivity index is 3.86. The highest BCUT2D eigenvalue weighted by Crippen LogP contribution is 2.20. The molecule has 0 radical (unpaired) electrons. The molecule has 0 aromatic heterocycles. The third-order valence-electron chi connectivity index (χ3n) is 4.57. The summed E-state index contributed by atoms with van der Waals surface area (Å²) in [6.07, 6.45) is 7.43. The zero-order chi connectivity index (χ0) is 19.3. The van der Waals surface area contributed by atoms with Crippen molar-refractivity contribution in [2.24, 2.45) is 5.41 Å². The Hall–Kier alpha value is -0.940. The van der Waals surface area contributed by atoms with E-state index in [0.717, 1.165) is 45.1 Å². The first-order valence-electron chi connectivity index (χ1n) is 9.68. The lowest BCUT2D eigenvalue weighted by atomic mass is 9.88. The Labute approximate surface area is 154 Å². The van der Waals surface area contributed by atoms with Crippen LogP contribution in [0.15, 0.2) is 0 Å². The van der Waals surface area contributed by atoms with Gasteiger partial charge in [-0.05, 0) is 72.9 Å². The first kappa shape index (κ1) is 24.1. The number of nitrogens with one attached hydrogen (secondary N) is 2. The Morgan fingerprint density at radius 2 is 1.80 bits per heavy atom. The van der Waals surface area contributed by atoms with Crippen molar-refractivity contribution >= 4 is 12.2 Å². The van der Waals surface area contributed by atoms with Gasteiger partial charge in [-0.15, -0.1) is 0 Å². The molecule has 2 N–H and O–H groups in total. The summed E-state index contributed by atoms with van der Waals surface area (Å²) in [6.45, 7) is 11.8. The fourth-order valence-corrected chi connectivity index (χ4v) is 2.62. The summed E-state index contributed by atoms with van der Waals surface area (Å²) in [7, 11) is 1.98. The summed E-state index contributed by atoms with van der Waals surface area (Å²) in [4.78, 5) is 22.8. The third kappa shape index (κ3) is 12.1. The van der Waals surface area contributed by atoms with Gasteiger partial charge in [0.2, 0.25) is 5.91 Å². The molecule has 5 nitrogen and oxygen atoms in total. The van der Waals surface area contributed by atoms with Crippen LogP contribution in [-0.2, 0) is 14.3 Å². The number of ether oxygens (including phenoxy) is 1. The van der Waals surface area contributed by atoms with Crippen molar-refractivity contribution in [3.63, 3.8) is 0 Å². The molecule has 0 aliphatic rings. The van der Waals surface area contributed by atoms with Crippen LogP contribution in [0.4, 0.5) is 0 Å². The number of hydrogen-bond acceptors (Lipinski definition) is 4. The van der Waals surface area contributed by atoms with Crippen molar-refractivity contribution in [1.29, 1.82) is 0 Å². The highest BCUT2D eigenvalue weighted by molar-refractivity contribution is 5.84. The minimum absolute atomic E-state index is 0.0500. The lowest BCUT2D eigenvalue weighted by Crippen LogP contribution is -2.42. The predicted molar refractivity (Wildman–Crippen MR) is 104 cm³/mol. The fourth-order valence-electron chi connectivity index (χ4n) is 2.62. The summed E-state index contributed by atoms with van der Waals surface area (Å²) in [5, 5.41) is 6.17. The molecule has 0 heterocycles. The highest BCUT2D eigenvalue weighted by Gasteiger charge is 2.27. The lowest BCUT2D eigenvalue weighted by Gasteiger charge is -2.26. The third-order valence-corrected chi connectivity index (χ3v) is 4.57. The predicted octanol–water partition coefficient (Wildman–Crippen LogP) is 3.46. The van der Waals surface area contributed by atoms with E-state index in [0.29, 0.717) is 0 Å². The van der Waals surface area contributed by atoms with Crippen LogP contribution < -0.4 is 10.6 Å². The van der Waals surface area contributed by atoms with E-state index in [4.69, 9.17) is 4.74 Å². The molecule has 0 bridgehead atoms. The molecule has 0 saturated carbocycles. The molecule has 1 unspecified atom stereocenters. The molecule has 0 rings (SSSR count). The van der Waals surface area contributed by atoms with Crippen LogP contribution in [0, 0.1) is 5.41 Å². The van der Waals surface area contributed by atoms with Gasteiger partial charge < -0.3 is 20.2 Å². The van der Waals surface area contributed by atoms with E-state index < -0.39 is 5.41 Å². The van der Waals surface area contributed by atoms with Crippen LogP contribution in [0.2, 0.25) is 0 Å². The fraction of sp³-hybridized carbons (Fsp3) is 0.900. The number of rotatable bonds is 15. The van der Waals surface area contributed by atoms with Crippen molar-refractivity contribution in [1.82, 2.24) is 10.6 Å². The van der Waals surface area contributed by atoms with Gasteiger partial charge >= 0.3 is 0 Å². The number of unbranched alkanes of at least 4 members (excludes halogenated alkanes) is 2. The summed E-state index contributed by atoms with van der Waals surface area (Å²) < 4.78 is 6.01. The molecule has 5 heteroatoms. The van der Waals surface area contributed by atoms with E-state index in [-0.39, 0.29) is 24.0 Å². The Morgan fingerprint density at radius 1 is 1.12 bits per heavy atom. The minimum atomic E-state index is -0.629. The largest absolute Gasteiger partial charge is 0.376 e. The average molecular weight is 357 g/mol. The molecular formula is C20H40N2O3. The van der Waals surface area contributed by atoms with Gasteiger partial charge in [-0.1, -0.05) is 13.8 Å². The maximum absolute atomic E-state index is 12.1. The second-order valence-electron chi connectivity index (χ2n) is 8.29. The van der Waals surface area contributed by atoms with E-state index in [9.17, 15) is 9.59 Å².